The lowest BCUT2D eigenvalue weighted by Crippen LogP contribution is -2.49. The van der Waals surface area contributed by atoms with Crippen LogP contribution in [0, 0.1) is 5.82 Å². The molecule has 2 aliphatic heterocycles. The maximum atomic E-state index is 13.1. The summed E-state index contributed by atoms with van der Waals surface area (Å²) in [5.41, 5.74) is 0.975. The first-order chi connectivity index (χ1) is 13.9. The zero-order chi connectivity index (χ0) is 20.4. The molecule has 0 amide bonds. The number of rotatable bonds is 3. The van der Waals surface area contributed by atoms with E-state index in [4.69, 9.17) is 4.42 Å². The molecular formula is C19H19F4N5O. The van der Waals surface area contributed by atoms with Gasteiger partial charge in [-0.15, -0.1) is 0 Å². The molecule has 2 aliphatic rings. The first-order valence-corrected chi connectivity index (χ1v) is 9.12. The largest absolute Gasteiger partial charge is 0.455 e. The predicted molar refractivity (Wildman–Crippen MR) is 100 cm³/mol. The number of hydrogen-bond acceptors (Lipinski definition) is 6. The van der Waals surface area contributed by atoms with E-state index in [0.717, 1.165) is 37.9 Å². The van der Waals surface area contributed by atoms with Gasteiger partial charge in [-0.1, -0.05) is 0 Å². The third-order valence-corrected chi connectivity index (χ3v) is 4.78. The van der Waals surface area contributed by atoms with Crippen molar-refractivity contribution in [2.45, 2.75) is 12.7 Å². The van der Waals surface area contributed by atoms with E-state index >= 15 is 0 Å². The fourth-order valence-corrected chi connectivity index (χ4v) is 3.27. The normalized spacial score (nSPS) is 17.7. The first kappa shape index (κ1) is 19.3. The molecule has 154 valence electrons. The van der Waals surface area contributed by atoms with Crippen molar-refractivity contribution in [3.8, 4) is 0 Å². The Morgan fingerprint density at radius 2 is 1.62 bits per heavy atom. The van der Waals surface area contributed by atoms with Gasteiger partial charge in [0.25, 0.3) is 0 Å². The SMILES string of the molecule is Fc1ccc(N2CCN(C3=NCN(Cc4ccc(C(F)(F)F)o4)C=N3)CC2)cc1. The average Bonchev–Trinajstić information content (AvgIpc) is 3.19. The Morgan fingerprint density at radius 1 is 0.931 bits per heavy atom. The van der Waals surface area contributed by atoms with Gasteiger partial charge in [0, 0.05) is 31.9 Å². The highest BCUT2D eigenvalue weighted by atomic mass is 19.4. The molecule has 0 radical (unpaired) electrons. The van der Waals surface area contributed by atoms with Gasteiger partial charge in [0.1, 0.15) is 18.2 Å². The summed E-state index contributed by atoms with van der Waals surface area (Å²) < 4.78 is 55.7. The fraction of sp³-hybridized carbons (Fsp3) is 0.368. The third-order valence-electron chi connectivity index (χ3n) is 4.78. The molecule has 2 aromatic rings. The van der Waals surface area contributed by atoms with E-state index in [9.17, 15) is 17.6 Å². The van der Waals surface area contributed by atoms with Crippen LogP contribution >= 0.6 is 0 Å². The highest BCUT2D eigenvalue weighted by Gasteiger charge is 2.34. The Bertz CT molecular complexity index is 898. The van der Waals surface area contributed by atoms with E-state index < -0.39 is 11.9 Å². The van der Waals surface area contributed by atoms with Crippen molar-refractivity contribution >= 4 is 18.0 Å². The maximum Gasteiger partial charge on any atom is 0.449 e. The number of furan rings is 1. The molecule has 0 atom stereocenters. The Kier molecular flexibility index (Phi) is 5.16. The van der Waals surface area contributed by atoms with Gasteiger partial charge in [-0.2, -0.15) is 13.2 Å². The van der Waals surface area contributed by atoms with Gasteiger partial charge in [-0.05, 0) is 36.4 Å². The Labute approximate surface area is 164 Å². The quantitative estimate of drug-likeness (QED) is 0.729. The van der Waals surface area contributed by atoms with Crippen LogP contribution in [-0.2, 0) is 12.7 Å². The molecule has 1 aromatic heterocycles. The van der Waals surface area contributed by atoms with Crippen molar-refractivity contribution in [1.29, 1.82) is 0 Å². The molecular weight excluding hydrogens is 390 g/mol. The zero-order valence-electron chi connectivity index (χ0n) is 15.4. The Morgan fingerprint density at radius 3 is 2.21 bits per heavy atom. The maximum absolute atomic E-state index is 13.1. The molecule has 1 aromatic carbocycles. The Balaban J connectivity index is 1.29. The number of nitrogens with zero attached hydrogens (tertiary/aromatic N) is 5. The number of aliphatic imine (C=N–C) groups is 2. The number of piperazine rings is 1. The van der Waals surface area contributed by atoms with E-state index in [0.29, 0.717) is 12.6 Å². The van der Waals surface area contributed by atoms with Crippen LogP contribution in [0.2, 0.25) is 0 Å². The molecule has 4 rings (SSSR count). The van der Waals surface area contributed by atoms with Crippen molar-refractivity contribution in [3.63, 3.8) is 0 Å². The molecule has 0 spiro atoms. The van der Waals surface area contributed by atoms with Crippen LogP contribution in [0.4, 0.5) is 23.2 Å². The van der Waals surface area contributed by atoms with Gasteiger partial charge in [0.2, 0.25) is 11.7 Å². The summed E-state index contributed by atoms with van der Waals surface area (Å²) in [5.74, 6) is -0.456. The van der Waals surface area contributed by atoms with Gasteiger partial charge in [0.05, 0.1) is 12.9 Å². The fourth-order valence-electron chi connectivity index (χ4n) is 3.27. The van der Waals surface area contributed by atoms with Gasteiger partial charge in [-0.25, -0.2) is 14.4 Å². The second kappa shape index (κ2) is 7.76. The molecule has 0 bridgehead atoms. The van der Waals surface area contributed by atoms with Gasteiger partial charge in [-0.3, -0.25) is 0 Å². The monoisotopic (exact) mass is 409 g/mol. The van der Waals surface area contributed by atoms with E-state index in [1.165, 1.54) is 18.2 Å². The number of guanidine groups is 1. The van der Waals surface area contributed by atoms with Crippen LogP contribution in [0.1, 0.15) is 11.5 Å². The standard InChI is InChI=1S/C19H19F4N5O/c20-14-1-3-15(4-2-14)27-7-9-28(10-8-27)18-24-12-26(13-25-18)11-16-5-6-17(29-16)19(21,22)23/h1-6,12H,7-11,13H2. The summed E-state index contributed by atoms with van der Waals surface area (Å²) in [6, 6.07) is 8.65. The van der Waals surface area contributed by atoms with Crippen LogP contribution in [0.3, 0.4) is 0 Å². The van der Waals surface area contributed by atoms with Crippen LogP contribution in [-0.4, -0.2) is 54.9 Å². The van der Waals surface area contributed by atoms with Crippen molar-refractivity contribution in [2.75, 3.05) is 37.7 Å². The van der Waals surface area contributed by atoms with E-state index in [1.807, 2.05) is 0 Å². The smallest absolute Gasteiger partial charge is 0.449 e. The van der Waals surface area contributed by atoms with E-state index in [-0.39, 0.29) is 18.1 Å². The number of alkyl halides is 3. The van der Waals surface area contributed by atoms with Crippen LogP contribution in [0.5, 0.6) is 0 Å². The molecule has 3 heterocycles. The van der Waals surface area contributed by atoms with Crippen molar-refractivity contribution in [2.24, 2.45) is 9.98 Å². The van der Waals surface area contributed by atoms with E-state index in [2.05, 4.69) is 19.8 Å². The molecule has 0 aliphatic carbocycles. The second-order valence-corrected chi connectivity index (χ2v) is 6.81. The van der Waals surface area contributed by atoms with Gasteiger partial charge in [0.15, 0.2) is 0 Å². The summed E-state index contributed by atoms with van der Waals surface area (Å²) in [4.78, 5) is 14.7. The van der Waals surface area contributed by atoms with Crippen molar-refractivity contribution in [3.05, 3.63) is 53.7 Å². The lowest BCUT2D eigenvalue weighted by Gasteiger charge is -2.37. The minimum Gasteiger partial charge on any atom is -0.455 e. The van der Waals surface area contributed by atoms with Crippen molar-refractivity contribution < 1.29 is 22.0 Å². The van der Waals surface area contributed by atoms with Crippen LogP contribution in [0.25, 0.3) is 0 Å². The molecule has 0 N–H and O–H groups in total. The zero-order valence-corrected chi connectivity index (χ0v) is 15.4. The van der Waals surface area contributed by atoms with Crippen LogP contribution in [0.15, 0.2) is 50.8 Å². The predicted octanol–water partition coefficient (Wildman–Crippen LogP) is 3.42. The average molecular weight is 409 g/mol. The topological polar surface area (TPSA) is 47.6 Å². The summed E-state index contributed by atoms with van der Waals surface area (Å²) in [7, 11) is 0. The number of halogens is 4. The summed E-state index contributed by atoms with van der Waals surface area (Å²) >= 11 is 0. The highest BCUT2D eigenvalue weighted by molar-refractivity contribution is 5.88. The van der Waals surface area contributed by atoms with Gasteiger partial charge >= 0.3 is 6.18 Å². The molecule has 0 saturated carbocycles. The van der Waals surface area contributed by atoms with Gasteiger partial charge < -0.3 is 19.1 Å². The molecule has 29 heavy (non-hydrogen) atoms. The number of anilines is 1. The molecule has 0 unspecified atom stereocenters. The molecule has 10 heteroatoms. The van der Waals surface area contributed by atoms with E-state index in [1.54, 1.807) is 23.4 Å². The molecule has 6 nitrogen and oxygen atoms in total. The first-order valence-electron chi connectivity index (χ1n) is 9.12. The number of benzene rings is 1. The minimum absolute atomic E-state index is 0.161. The Hall–Kier alpha value is -3.04. The molecule has 1 saturated heterocycles. The molecule has 1 fully saturated rings. The summed E-state index contributed by atoms with van der Waals surface area (Å²) in [5, 5.41) is 0. The lowest BCUT2D eigenvalue weighted by molar-refractivity contribution is -0.153. The van der Waals surface area contributed by atoms with Crippen molar-refractivity contribution in [1.82, 2.24) is 9.80 Å². The highest BCUT2D eigenvalue weighted by Crippen LogP contribution is 2.30. The minimum atomic E-state index is -4.49. The summed E-state index contributed by atoms with van der Waals surface area (Å²) in [6.07, 6.45) is -2.92. The van der Waals surface area contributed by atoms with Crippen LogP contribution < -0.4 is 4.90 Å². The second-order valence-electron chi connectivity index (χ2n) is 6.81. The number of hydrogen-bond donors (Lipinski definition) is 0. The third kappa shape index (κ3) is 4.52. The summed E-state index contributed by atoms with van der Waals surface area (Å²) in [6.45, 7) is 3.42. The lowest BCUT2D eigenvalue weighted by atomic mass is 10.2.